The predicted octanol–water partition coefficient (Wildman–Crippen LogP) is 3.63. The zero-order valence-electron chi connectivity index (χ0n) is 11.2. The first kappa shape index (κ1) is 13.4. The highest BCUT2D eigenvalue weighted by Crippen LogP contribution is 2.22. The highest BCUT2D eigenvalue weighted by atomic mass is 16.5. The van der Waals surface area contributed by atoms with Crippen molar-refractivity contribution in [1.82, 2.24) is 0 Å². The van der Waals surface area contributed by atoms with Crippen LogP contribution in [-0.2, 0) is 0 Å². The smallest absolute Gasteiger partial charge is 0.127 e. The van der Waals surface area contributed by atoms with E-state index in [0.29, 0.717) is 0 Å². The Morgan fingerprint density at radius 3 is 2.26 bits per heavy atom. The van der Waals surface area contributed by atoms with Gasteiger partial charge in [0.1, 0.15) is 11.5 Å². The summed E-state index contributed by atoms with van der Waals surface area (Å²) >= 11 is 0. The maximum atomic E-state index is 5.87. The molecule has 19 heavy (non-hydrogen) atoms. The third kappa shape index (κ3) is 4.30. The van der Waals surface area contributed by atoms with Gasteiger partial charge in [0.15, 0.2) is 0 Å². The Balaban J connectivity index is 1.91. The average molecular weight is 256 g/mol. The standard InChI is InChI=1S/C16H20N2O/c1-2-13(17)12-18-14-8-10-16(11-9-14)19-15-6-4-3-5-7-15/h3-11,13,18H,2,12,17H2,1H3. The Bertz CT molecular complexity index is 482. The Kier molecular flexibility index (Phi) is 4.81. The van der Waals surface area contributed by atoms with Crippen molar-refractivity contribution in [2.24, 2.45) is 5.73 Å². The van der Waals surface area contributed by atoms with Gasteiger partial charge in [0.05, 0.1) is 0 Å². The molecule has 2 rings (SSSR count). The molecule has 1 atom stereocenters. The van der Waals surface area contributed by atoms with Crippen LogP contribution in [0.25, 0.3) is 0 Å². The summed E-state index contributed by atoms with van der Waals surface area (Å²) in [6.07, 6.45) is 0.974. The summed E-state index contributed by atoms with van der Waals surface area (Å²) in [5, 5.41) is 3.31. The number of anilines is 1. The van der Waals surface area contributed by atoms with Crippen LogP contribution in [0.4, 0.5) is 5.69 Å². The fraction of sp³-hybridized carbons (Fsp3) is 0.250. The lowest BCUT2D eigenvalue weighted by Crippen LogP contribution is -2.27. The van der Waals surface area contributed by atoms with Crippen molar-refractivity contribution in [2.45, 2.75) is 19.4 Å². The average Bonchev–Trinajstić information content (AvgIpc) is 2.47. The maximum absolute atomic E-state index is 5.87. The number of nitrogens with one attached hydrogen (secondary N) is 1. The minimum absolute atomic E-state index is 0.195. The second kappa shape index (κ2) is 6.81. The Morgan fingerprint density at radius 2 is 1.63 bits per heavy atom. The van der Waals surface area contributed by atoms with Gasteiger partial charge in [-0.25, -0.2) is 0 Å². The molecule has 0 bridgehead atoms. The molecule has 1 unspecified atom stereocenters. The lowest BCUT2D eigenvalue weighted by atomic mass is 10.2. The van der Waals surface area contributed by atoms with Crippen LogP contribution in [0.15, 0.2) is 54.6 Å². The minimum Gasteiger partial charge on any atom is -0.457 e. The fourth-order valence-corrected chi connectivity index (χ4v) is 1.66. The lowest BCUT2D eigenvalue weighted by Gasteiger charge is -2.12. The van der Waals surface area contributed by atoms with Crippen molar-refractivity contribution >= 4 is 5.69 Å². The van der Waals surface area contributed by atoms with Crippen molar-refractivity contribution < 1.29 is 4.74 Å². The van der Waals surface area contributed by atoms with Crippen LogP contribution in [0.1, 0.15) is 13.3 Å². The first-order valence-corrected chi connectivity index (χ1v) is 6.60. The normalized spacial score (nSPS) is 11.9. The summed E-state index contributed by atoms with van der Waals surface area (Å²) in [6, 6.07) is 17.9. The molecule has 3 nitrogen and oxygen atoms in total. The molecule has 2 aromatic rings. The predicted molar refractivity (Wildman–Crippen MR) is 79.7 cm³/mol. The molecule has 0 heterocycles. The van der Waals surface area contributed by atoms with E-state index >= 15 is 0 Å². The first-order chi connectivity index (χ1) is 9.28. The topological polar surface area (TPSA) is 47.3 Å². The van der Waals surface area contributed by atoms with E-state index in [1.54, 1.807) is 0 Å². The van der Waals surface area contributed by atoms with Gasteiger partial charge in [0.2, 0.25) is 0 Å². The van der Waals surface area contributed by atoms with E-state index in [1.165, 1.54) is 0 Å². The molecule has 0 aliphatic rings. The van der Waals surface area contributed by atoms with Gasteiger partial charge < -0.3 is 15.8 Å². The van der Waals surface area contributed by atoms with Crippen molar-refractivity contribution in [3.63, 3.8) is 0 Å². The van der Waals surface area contributed by atoms with Gasteiger partial charge in [-0.3, -0.25) is 0 Å². The third-order valence-electron chi connectivity index (χ3n) is 2.93. The zero-order valence-corrected chi connectivity index (χ0v) is 11.2. The van der Waals surface area contributed by atoms with Gasteiger partial charge in [-0.1, -0.05) is 25.1 Å². The van der Waals surface area contributed by atoms with Crippen LogP contribution < -0.4 is 15.8 Å². The quantitative estimate of drug-likeness (QED) is 0.829. The van der Waals surface area contributed by atoms with E-state index in [1.807, 2.05) is 54.6 Å². The fourth-order valence-electron chi connectivity index (χ4n) is 1.66. The molecular weight excluding hydrogens is 236 g/mol. The molecule has 3 heteroatoms. The molecule has 2 aromatic carbocycles. The second-order valence-electron chi connectivity index (χ2n) is 4.49. The van der Waals surface area contributed by atoms with Crippen LogP contribution in [0.3, 0.4) is 0 Å². The molecule has 0 saturated heterocycles. The molecular formula is C16H20N2O. The zero-order chi connectivity index (χ0) is 13.5. The molecule has 0 spiro atoms. The van der Waals surface area contributed by atoms with Gasteiger partial charge >= 0.3 is 0 Å². The molecule has 0 aromatic heterocycles. The lowest BCUT2D eigenvalue weighted by molar-refractivity contribution is 0.483. The number of benzene rings is 2. The van der Waals surface area contributed by atoms with E-state index in [-0.39, 0.29) is 6.04 Å². The summed E-state index contributed by atoms with van der Waals surface area (Å²) in [6.45, 7) is 2.87. The SMILES string of the molecule is CCC(N)CNc1ccc(Oc2ccccc2)cc1. The van der Waals surface area contributed by atoms with Crippen molar-refractivity contribution in [3.8, 4) is 11.5 Å². The van der Waals surface area contributed by atoms with Crippen molar-refractivity contribution in [3.05, 3.63) is 54.6 Å². The molecule has 0 amide bonds. The van der Waals surface area contributed by atoms with E-state index in [2.05, 4.69) is 12.2 Å². The molecule has 100 valence electrons. The maximum Gasteiger partial charge on any atom is 0.127 e. The van der Waals surface area contributed by atoms with E-state index in [0.717, 1.165) is 30.2 Å². The van der Waals surface area contributed by atoms with Crippen LogP contribution in [0, 0.1) is 0 Å². The molecule has 0 aliphatic heterocycles. The van der Waals surface area contributed by atoms with Gasteiger partial charge in [-0.15, -0.1) is 0 Å². The number of rotatable bonds is 6. The minimum atomic E-state index is 0.195. The summed E-state index contributed by atoms with van der Waals surface area (Å²) in [7, 11) is 0. The number of hydrogen-bond donors (Lipinski definition) is 2. The van der Waals surface area contributed by atoms with Gasteiger partial charge in [0, 0.05) is 18.3 Å². The van der Waals surface area contributed by atoms with Crippen molar-refractivity contribution in [2.75, 3.05) is 11.9 Å². The number of ether oxygens (including phenoxy) is 1. The summed E-state index contributed by atoms with van der Waals surface area (Å²) in [5.41, 5.74) is 6.93. The number of para-hydroxylation sites is 1. The number of nitrogens with two attached hydrogens (primary N) is 1. The second-order valence-corrected chi connectivity index (χ2v) is 4.49. The molecule has 0 aliphatic carbocycles. The largest absolute Gasteiger partial charge is 0.457 e. The van der Waals surface area contributed by atoms with Gasteiger partial charge in [-0.2, -0.15) is 0 Å². The Hall–Kier alpha value is -2.00. The van der Waals surface area contributed by atoms with Crippen LogP contribution in [0.5, 0.6) is 11.5 Å². The van der Waals surface area contributed by atoms with Gasteiger partial charge in [-0.05, 0) is 42.8 Å². The monoisotopic (exact) mass is 256 g/mol. The number of hydrogen-bond acceptors (Lipinski definition) is 3. The molecule has 0 radical (unpaired) electrons. The summed E-state index contributed by atoms with van der Waals surface area (Å²) in [5.74, 6) is 1.67. The first-order valence-electron chi connectivity index (χ1n) is 6.60. The molecule has 3 N–H and O–H groups in total. The highest BCUT2D eigenvalue weighted by molar-refractivity contribution is 5.47. The van der Waals surface area contributed by atoms with Crippen molar-refractivity contribution in [1.29, 1.82) is 0 Å². The third-order valence-corrected chi connectivity index (χ3v) is 2.93. The summed E-state index contributed by atoms with van der Waals surface area (Å²) in [4.78, 5) is 0. The van der Waals surface area contributed by atoms with E-state index in [4.69, 9.17) is 10.5 Å². The molecule has 0 fully saturated rings. The van der Waals surface area contributed by atoms with Crippen LogP contribution in [0.2, 0.25) is 0 Å². The Morgan fingerprint density at radius 1 is 1.00 bits per heavy atom. The van der Waals surface area contributed by atoms with Crippen LogP contribution >= 0.6 is 0 Å². The van der Waals surface area contributed by atoms with Gasteiger partial charge in [0.25, 0.3) is 0 Å². The summed E-state index contributed by atoms with van der Waals surface area (Å²) < 4.78 is 5.73. The Labute approximate surface area is 114 Å². The van der Waals surface area contributed by atoms with Crippen LogP contribution in [-0.4, -0.2) is 12.6 Å². The highest BCUT2D eigenvalue weighted by Gasteiger charge is 2.00. The van der Waals surface area contributed by atoms with E-state index < -0.39 is 0 Å². The van der Waals surface area contributed by atoms with E-state index in [9.17, 15) is 0 Å². The molecule has 0 saturated carbocycles.